The molecule has 1 aliphatic heterocycles. The van der Waals surface area contributed by atoms with E-state index in [0.717, 1.165) is 28.9 Å². The number of nitrogens with one attached hydrogen (secondary N) is 2. The van der Waals surface area contributed by atoms with Crippen molar-refractivity contribution in [2.75, 3.05) is 13.1 Å². The van der Waals surface area contributed by atoms with Gasteiger partial charge in [-0.2, -0.15) is 52.7 Å². The number of aromatic nitrogens is 2. The molecule has 0 radical (unpaired) electrons. The smallest absolute Gasteiger partial charge is 0.374 e. The lowest BCUT2D eigenvalue weighted by Crippen LogP contribution is -2.43. The van der Waals surface area contributed by atoms with E-state index in [1.165, 1.54) is 5.32 Å². The highest BCUT2D eigenvalue weighted by atomic mass is 19.4. The van der Waals surface area contributed by atoms with Gasteiger partial charge >= 0.3 is 24.7 Å². The van der Waals surface area contributed by atoms with E-state index >= 15 is 0 Å². The molecule has 0 saturated heterocycles. The van der Waals surface area contributed by atoms with E-state index in [2.05, 4.69) is 15.0 Å². The lowest BCUT2D eigenvalue weighted by molar-refractivity contribution is -0.276. The Hall–Kier alpha value is -4.52. The van der Waals surface area contributed by atoms with Crippen molar-refractivity contribution < 1.29 is 67.1 Å². The summed E-state index contributed by atoms with van der Waals surface area (Å²) in [4.78, 5) is 32.6. The summed E-state index contributed by atoms with van der Waals surface area (Å²) in [6.45, 7) is -2.56. The minimum Gasteiger partial charge on any atom is -0.374 e. The van der Waals surface area contributed by atoms with E-state index in [0.29, 0.717) is 0 Å². The summed E-state index contributed by atoms with van der Waals surface area (Å²) in [7, 11) is 0. The second-order valence-corrected chi connectivity index (χ2v) is 9.25. The van der Waals surface area contributed by atoms with E-state index in [4.69, 9.17) is 0 Å². The number of imidazole rings is 1. The van der Waals surface area contributed by atoms with Crippen molar-refractivity contribution in [3.63, 3.8) is 0 Å². The molecule has 0 saturated carbocycles. The molecular weight excluding hydrogens is 634 g/mol. The van der Waals surface area contributed by atoms with Crippen molar-refractivity contribution in [2.24, 2.45) is 5.16 Å². The van der Waals surface area contributed by atoms with Crippen LogP contribution in [0.2, 0.25) is 0 Å². The molecule has 3 heterocycles. The molecule has 8 nitrogen and oxygen atoms in total. The second kappa shape index (κ2) is 10.9. The maximum absolute atomic E-state index is 14.4. The Morgan fingerprint density at radius 1 is 0.886 bits per heavy atom. The number of pyridine rings is 1. The average molecular weight is 649 g/mol. The largest absolute Gasteiger partial charge is 0.435 e. The summed E-state index contributed by atoms with van der Waals surface area (Å²) in [5, 5.41) is 6.89. The number of halogens is 12. The average Bonchev–Trinajstić information content (AvgIpc) is 3.57. The molecule has 1 aliphatic rings. The molecule has 1 atom stereocenters. The van der Waals surface area contributed by atoms with Crippen molar-refractivity contribution in [3.8, 4) is 0 Å². The van der Waals surface area contributed by atoms with Gasteiger partial charge in [0.1, 0.15) is 17.9 Å². The van der Waals surface area contributed by atoms with Crippen LogP contribution in [0, 0.1) is 0 Å². The number of rotatable bonds is 6. The Morgan fingerprint density at radius 2 is 1.50 bits per heavy atom. The van der Waals surface area contributed by atoms with E-state index in [1.54, 1.807) is 0 Å². The van der Waals surface area contributed by atoms with Crippen LogP contribution in [0.1, 0.15) is 39.2 Å². The van der Waals surface area contributed by atoms with E-state index in [9.17, 15) is 62.3 Å². The summed E-state index contributed by atoms with van der Waals surface area (Å²) in [5.74, 6) is -2.23. The van der Waals surface area contributed by atoms with Crippen molar-refractivity contribution in [1.29, 1.82) is 0 Å². The van der Waals surface area contributed by atoms with Crippen LogP contribution < -0.4 is 10.6 Å². The molecule has 1 aromatic carbocycles. The molecule has 0 aliphatic carbocycles. The highest BCUT2D eigenvalue weighted by molar-refractivity contribution is 6.05. The maximum atomic E-state index is 14.4. The van der Waals surface area contributed by atoms with Gasteiger partial charge in [0.15, 0.2) is 0 Å². The number of carbonyl (C=O) groups excluding carboxylic acids is 2. The Balaban J connectivity index is 1.67. The van der Waals surface area contributed by atoms with Gasteiger partial charge in [0.2, 0.25) is 5.91 Å². The molecule has 0 bridgehead atoms. The molecule has 0 fully saturated rings. The van der Waals surface area contributed by atoms with Crippen molar-refractivity contribution >= 4 is 23.2 Å². The van der Waals surface area contributed by atoms with E-state index in [-0.39, 0.29) is 35.1 Å². The number of hydrogen-bond acceptors (Lipinski definition) is 5. The highest BCUT2D eigenvalue weighted by Gasteiger charge is 2.63. The topological polar surface area (TPSA) is 97.1 Å². The fourth-order valence-corrected chi connectivity index (χ4v) is 4.17. The molecule has 2 amide bonds. The normalized spacial score (nSPS) is 17.8. The molecule has 1 unspecified atom stereocenters. The Morgan fingerprint density at radius 3 is 2.05 bits per heavy atom. The maximum Gasteiger partial charge on any atom is 0.435 e. The summed E-state index contributed by atoms with van der Waals surface area (Å²) in [6.07, 6.45) is -20.4. The van der Waals surface area contributed by atoms with Crippen LogP contribution in [0.3, 0.4) is 0 Å². The number of hydrogen-bond donors (Lipinski definition) is 2. The summed E-state index contributed by atoms with van der Waals surface area (Å²) in [6, 6.07) is 1.42. The van der Waals surface area contributed by atoms with Gasteiger partial charge in [0, 0.05) is 18.0 Å². The standard InChI is InChI=1S/C24H15F12N5O3/c25-21(26,27)10-39-17(42)9-38-19(43)14-1-2-16(41-4-3-37-18(14)41)15-8-20(44-40-15,24(34,35)36)11-5-12(22(28,29)30)7-13(6-11)23(31,32)33/h1-7H,8-10H2,(H,38,43)(H,39,42). The van der Waals surface area contributed by atoms with Gasteiger partial charge in [-0.25, -0.2) is 4.98 Å². The number of fused-ring (bicyclic) bond motifs is 1. The van der Waals surface area contributed by atoms with Gasteiger partial charge in [0.25, 0.3) is 11.5 Å². The third-order valence-electron chi connectivity index (χ3n) is 6.22. The lowest BCUT2D eigenvalue weighted by atomic mass is 9.85. The number of alkyl halides is 12. The first kappa shape index (κ1) is 32.4. The first-order valence-corrected chi connectivity index (χ1v) is 11.8. The Bertz CT molecular complexity index is 1590. The predicted octanol–water partition coefficient (Wildman–Crippen LogP) is 5.36. The number of amides is 2. The number of benzene rings is 1. The molecule has 4 rings (SSSR count). The minimum absolute atomic E-state index is 0.119. The Kier molecular flexibility index (Phi) is 8.01. The molecule has 238 valence electrons. The third-order valence-corrected chi connectivity index (χ3v) is 6.22. The molecule has 44 heavy (non-hydrogen) atoms. The lowest BCUT2D eigenvalue weighted by Gasteiger charge is -2.30. The van der Waals surface area contributed by atoms with Gasteiger partial charge in [-0.15, -0.1) is 0 Å². The molecule has 2 aromatic heterocycles. The first-order chi connectivity index (χ1) is 20.1. The van der Waals surface area contributed by atoms with Crippen LogP contribution >= 0.6 is 0 Å². The second-order valence-electron chi connectivity index (χ2n) is 9.25. The SMILES string of the molecule is O=C(CNC(=O)c1ccc(C2=NOC(c3cc(C(F)(F)F)cc(C(F)(F)F)c3)(C(F)(F)F)C2)n2ccnc12)NCC(F)(F)F. The van der Waals surface area contributed by atoms with Crippen LogP contribution in [0.15, 0.2) is 47.9 Å². The van der Waals surface area contributed by atoms with Crippen LogP contribution in [-0.2, 0) is 27.6 Å². The van der Waals surface area contributed by atoms with Crippen LogP contribution in [-0.4, -0.2) is 52.4 Å². The zero-order chi connectivity index (χ0) is 32.9. The van der Waals surface area contributed by atoms with Gasteiger partial charge in [-0.05, 0) is 30.3 Å². The monoisotopic (exact) mass is 649 g/mol. The zero-order valence-corrected chi connectivity index (χ0v) is 21.3. The van der Waals surface area contributed by atoms with Crippen molar-refractivity contribution in [2.45, 2.75) is 36.7 Å². The van der Waals surface area contributed by atoms with E-state index in [1.807, 2.05) is 5.32 Å². The zero-order valence-electron chi connectivity index (χ0n) is 21.3. The molecule has 0 spiro atoms. The van der Waals surface area contributed by atoms with Crippen molar-refractivity contribution in [1.82, 2.24) is 20.0 Å². The Labute approximate surface area is 236 Å². The van der Waals surface area contributed by atoms with Gasteiger partial charge in [-0.1, -0.05) is 5.16 Å². The fraction of sp³-hybridized carbons (Fsp3) is 0.333. The highest BCUT2D eigenvalue weighted by Crippen LogP contribution is 2.51. The van der Waals surface area contributed by atoms with Gasteiger partial charge in [-0.3, -0.25) is 14.0 Å². The fourth-order valence-electron chi connectivity index (χ4n) is 4.17. The van der Waals surface area contributed by atoms with Crippen LogP contribution in [0.4, 0.5) is 52.7 Å². The van der Waals surface area contributed by atoms with E-state index < -0.39 is 84.0 Å². The van der Waals surface area contributed by atoms with Crippen LogP contribution in [0.25, 0.3) is 5.65 Å². The summed E-state index contributed by atoms with van der Waals surface area (Å²) >= 11 is 0. The first-order valence-electron chi connectivity index (χ1n) is 11.8. The molecule has 2 N–H and O–H groups in total. The number of nitrogens with zero attached hydrogens (tertiary/aromatic N) is 3. The third kappa shape index (κ3) is 6.52. The predicted molar refractivity (Wildman–Crippen MR) is 123 cm³/mol. The molecule has 3 aromatic rings. The number of oxime groups is 1. The van der Waals surface area contributed by atoms with Crippen molar-refractivity contribution in [3.05, 3.63) is 70.7 Å². The molecule has 20 heteroatoms. The molecular formula is C24H15F12N5O3. The van der Waals surface area contributed by atoms with Crippen LogP contribution in [0.5, 0.6) is 0 Å². The summed E-state index contributed by atoms with van der Waals surface area (Å²) in [5.41, 5.74) is -10.8. The van der Waals surface area contributed by atoms with Gasteiger partial charge < -0.3 is 15.5 Å². The minimum atomic E-state index is -5.59. The van der Waals surface area contributed by atoms with Gasteiger partial charge in [0.05, 0.1) is 35.3 Å². The number of carbonyl (C=O) groups is 2. The summed E-state index contributed by atoms with van der Waals surface area (Å²) < 4.78 is 161. The quantitative estimate of drug-likeness (QED) is 0.352.